The van der Waals surface area contributed by atoms with Crippen molar-refractivity contribution in [3.8, 4) is 0 Å². The lowest BCUT2D eigenvalue weighted by Crippen LogP contribution is -2.22. The van der Waals surface area contributed by atoms with E-state index in [0.29, 0.717) is 0 Å². The molecule has 8 heteroatoms. The van der Waals surface area contributed by atoms with Crippen molar-refractivity contribution in [1.29, 1.82) is 0 Å². The van der Waals surface area contributed by atoms with Crippen LogP contribution in [0.3, 0.4) is 0 Å². The van der Waals surface area contributed by atoms with Gasteiger partial charge >= 0.3 is 11.4 Å². The maximum Gasteiger partial charge on any atom is 0.347 e. The minimum atomic E-state index is -0.973. The largest absolute Gasteiger partial charge is 0.347 e. The zero-order chi connectivity index (χ0) is 14.0. The first-order chi connectivity index (χ1) is 8.99. The van der Waals surface area contributed by atoms with Crippen LogP contribution in [0.5, 0.6) is 0 Å². The van der Waals surface area contributed by atoms with Crippen molar-refractivity contribution >= 4 is 17.3 Å². The van der Waals surface area contributed by atoms with Gasteiger partial charge in [0.25, 0.3) is 0 Å². The molecule has 1 aromatic carbocycles. The van der Waals surface area contributed by atoms with Crippen LogP contribution in [-0.2, 0) is 6.54 Å². The van der Waals surface area contributed by atoms with E-state index < -0.39 is 22.1 Å². The third-order valence-corrected chi connectivity index (χ3v) is 2.61. The maximum atomic E-state index is 13.8. The summed E-state index contributed by atoms with van der Waals surface area (Å²) in [6.07, 6.45) is 2.46. The lowest BCUT2D eigenvalue weighted by Gasteiger charge is -2.06. The maximum absolute atomic E-state index is 13.8. The highest BCUT2D eigenvalue weighted by atomic mass is 35.5. The molecule has 0 amide bonds. The highest BCUT2D eigenvalue weighted by molar-refractivity contribution is 6.30. The molecule has 6 nitrogen and oxygen atoms in total. The van der Waals surface area contributed by atoms with Crippen LogP contribution in [0, 0.1) is 15.9 Å². The Bertz CT molecular complexity index is 702. The van der Waals surface area contributed by atoms with E-state index in [-0.39, 0.29) is 17.1 Å². The molecule has 1 heterocycles. The highest BCUT2D eigenvalue weighted by Gasteiger charge is 2.17. The molecule has 0 bridgehead atoms. The van der Waals surface area contributed by atoms with Gasteiger partial charge in [-0.15, -0.1) is 0 Å². The van der Waals surface area contributed by atoms with Gasteiger partial charge in [0.1, 0.15) is 0 Å². The van der Waals surface area contributed by atoms with Gasteiger partial charge in [-0.2, -0.15) is 4.39 Å². The molecule has 0 aliphatic carbocycles. The van der Waals surface area contributed by atoms with Crippen molar-refractivity contribution in [3.05, 3.63) is 67.6 Å². The number of benzene rings is 1. The number of hydrogen-bond donors (Lipinski definition) is 0. The van der Waals surface area contributed by atoms with Crippen LogP contribution in [0.1, 0.15) is 5.56 Å². The summed E-state index contributed by atoms with van der Waals surface area (Å²) < 4.78 is 14.9. The molecule has 19 heavy (non-hydrogen) atoms. The number of nitrogens with zero attached hydrogens (tertiary/aromatic N) is 3. The van der Waals surface area contributed by atoms with Crippen molar-refractivity contribution in [2.75, 3.05) is 0 Å². The molecule has 0 N–H and O–H groups in total. The minimum absolute atomic E-state index is 0.0142. The smallest absolute Gasteiger partial charge is 0.293 e. The number of halogens is 2. The molecule has 2 aromatic rings. The topological polar surface area (TPSA) is 78.0 Å². The first-order valence-corrected chi connectivity index (χ1v) is 5.50. The van der Waals surface area contributed by atoms with Crippen molar-refractivity contribution in [1.82, 2.24) is 9.55 Å². The number of aromatic nitrogens is 2. The molecule has 0 atom stereocenters. The van der Waals surface area contributed by atoms with Gasteiger partial charge in [-0.05, 0) is 0 Å². The van der Waals surface area contributed by atoms with Gasteiger partial charge in [0.15, 0.2) is 0 Å². The third-order valence-electron chi connectivity index (χ3n) is 2.42. The SMILES string of the molecule is O=c1ncc(Cl)cn1Cc1cccc([N+](=O)[O-])c1F. The molecule has 98 valence electrons. The second kappa shape index (κ2) is 5.15. The average Bonchev–Trinajstić information content (AvgIpc) is 2.36. The van der Waals surface area contributed by atoms with E-state index in [1.165, 1.54) is 24.5 Å². The third kappa shape index (κ3) is 2.76. The fourth-order valence-corrected chi connectivity index (χ4v) is 1.72. The number of nitro groups is 1. The van der Waals surface area contributed by atoms with Gasteiger partial charge in [0, 0.05) is 17.8 Å². The molecule has 0 unspecified atom stereocenters. The minimum Gasteiger partial charge on any atom is -0.293 e. The highest BCUT2D eigenvalue weighted by Crippen LogP contribution is 2.20. The summed E-state index contributed by atoms with van der Waals surface area (Å²) >= 11 is 5.68. The van der Waals surface area contributed by atoms with Crippen LogP contribution in [0.4, 0.5) is 10.1 Å². The van der Waals surface area contributed by atoms with Gasteiger partial charge in [-0.1, -0.05) is 23.7 Å². The van der Waals surface area contributed by atoms with E-state index in [1.54, 1.807) is 0 Å². The van der Waals surface area contributed by atoms with Crippen LogP contribution in [0.25, 0.3) is 0 Å². The monoisotopic (exact) mass is 283 g/mol. The molecule has 2 rings (SSSR count). The van der Waals surface area contributed by atoms with E-state index >= 15 is 0 Å². The van der Waals surface area contributed by atoms with E-state index in [2.05, 4.69) is 4.98 Å². The average molecular weight is 284 g/mol. The molecule has 0 aliphatic heterocycles. The van der Waals surface area contributed by atoms with Crippen molar-refractivity contribution in [2.45, 2.75) is 6.54 Å². The molecular formula is C11H7ClFN3O3. The van der Waals surface area contributed by atoms with Gasteiger partial charge in [-0.3, -0.25) is 14.7 Å². The lowest BCUT2D eigenvalue weighted by molar-refractivity contribution is -0.387. The van der Waals surface area contributed by atoms with Gasteiger partial charge in [0.2, 0.25) is 5.82 Å². The van der Waals surface area contributed by atoms with Crippen molar-refractivity contribution in [2.24, 2.45) is 0 Å². The molecule has 0 radical (unpaired) electrons. The van der Waals surface area contributed by atoms with Crippen molar-refractivity contribution in [3.63, 3.8) is 0 Å². The Morgan fingerprint density at radius 2 is 2.21 bits per heavy atom. The Balaban J connectivity index is 2.44. The second-order valence-electron chi connectivity index (χ2n) is 3.69. The summed E-state index contributed by atoms with van der Waals surface area (Å²) in [7, 11) is 0. The Morgan fingerprint density at radius 3 is 2.89 bits per heavy atom. The van der Waals surface area contributed by atoms with Crippen LogP contribution >= 0.6 is 11.6 Å². The van der Waals surface area contributed by atoms with Crippen LogP contribution in [0.2, 0.25) is 5.02 Å². The van der Waals surface area contributed by atoms with Crippen LogP contribution in [-0.4, -0.2) is 14.5 Å². The predicted molar refractivity (Wildman–Crippen MR) is 65.7 cm³/mol. The van der Waals surface area contributed by atoms with Gasteiger partial charge in [-0.25, -0.2) is 9.78 Å². The zero-order valence-corrected chi connectivity index (χ0v) is 10.2. The Kier molecular flexibility index (Phi) is 3.57. The van der Waals surface area contributed by atoms with E-state index in [9.17, 15) is 19.3 Å². The number of rotatable bonds is 3. The molecule has 1 aromatic heterocycles. The van der Waals surface area contributed by atoms with Crippen LogP contribution < -0.4 is 5.69 Å². The van der Waals surface area contributed by atoms with E-state index in [0.717, 1.165) is 10.6 Å². The fourth-order valence-electron chi connectivity index (χ4n) is 1.55. The Labute approximate surface area is 111 Å². The Hall–Kier alpha value is -2.28. The second-order valence-corrected chi connectivity index (χ2v) is 4.13. The van der Waals surface area contributed by atoms with Crippen molar-refractivity contribution < 1.29 is 9.31 Å². The predicted octanol–water partition coefficient (Wildman–Crippen LogP) is 1.99. The lowest BCUT2D eigenvalue weighted by atomic mass is 10.2. The fraction of sp³-hybridized carbons (Fsp3) is 0.0909. The quantitative estimate of drug-likeness (QED) is 0.637. The van der Waals surface area contributed by atoms with E-state index in [4.69, 9.17) is 11.6 Å². The van der Waals surface area contributed by atoms with Crippen LogP contribution in [0.15, 0.2) is 35.4 Å². The van der Waals surface area contributed by atoms with Gasteiger partial charge < -0.3 is 0 Å². The summed E-state index contributed by atoms with van der Waals surface area (Å²) in [5, 5.41) is 10.8. The summed E-state index contributed by atoms with van der Waals surface area (Å²) in [4.78, 5) is 24.7. The first kappa shape index (κ1) is 13.2. The number of nitro benzene ring substituents is 1. The first-order valence-electron chi connectivity index (χ1n) is 5.13. The van der Waals surface area contributed by atoms with E-state index in [1.807, 2.05) is 0 Å². The molecular weight excluding hydrogens is 277 g/mol. The summed E-state index contributed by atoms with van der Waals surface area (Å²) in [5.41, 5.74) is -1.24. The number of hydrogen-bond acceptors (Lipinski definition) is 4. The standard InChI is InChI=1S/C11H7ClFN3O3/c12-8-4-14-11(17)15(6-8)5-7-2-1-3-9(10(7)13)16(18)19/h1-4,6H,5H2. The molecule has 0 spiro atoms. The summed E-state index contributed by atoms with van der Waals surface area (Å²) in [5.74, 6) is -0.973. The summed E-state index contributed by atoms with van der Waals surface area (Å²) in [6, 6.07) is 3.76. The Morgan fingerprint density at radius 1 is 1.47 bits per heavy atom. The zero-order valence-electron chi connectivity index (χ0n) is 9.42. The molecule has 0 aliphatic rings. The summed E-state index contributed by atoms with van der Waals surface area (Å²) in [6.45, 7) is -0.181. The molecule has 0 fully saturated rings. The molecule has 0 saturated carbocycles. The normalized spacial score (nSPS) is 10.4. The molecule has 0 saturated heterocycles. The van der Waals surface area contributed by atoms with Gasteiger partial charge in [0.05, 0.1) is 22.7 Å².